The van der Waals surface area contributed by atoms with Gasteiger partial charge < -0.3 is 4.74 Å². The number of aromatic nitrogens is 1. The minimum absolute atomic E-state index is 0.487. The molecule has 0 radical (unpaired) electrons. The fraction of sp³-hybridized carbons (Fsp3) is 0.500. The Morgan fingerprint density at radius 2 is 2.29 bits per heavy atom. The van der Waals surface area contributed by atoms with E-state index in [1.807, 2.05) is 20.8 Å². The number of hydrogen-bond donors (Lipinski definition) is 1. The highest BCUT2D eigenvalue weighted by molar-refractivity contribution is 9.10. The second kappa shape index (κ2) is 4.27. The standard InChI is InChI=1S/C8H11BrN2O2S/c1-8(2,3)13-7(12)11-6-10-5(9)4-14-6/h4H,1-3H3,(H,10,11,12). The highest BCUT2D eigenvalue weighted by Gasteiger charge is 2.16. The summed E-state index contributed by atoms with van der Waals surface area (Å²) >= 11 is 4.52. The molecule has 0 bridgehead atoms. The fourth-order valence-electron chi connectivity index (χ4n) is 0.702. The van der Waals surface area contributed by atoms with Gasteiger partial charge in [-0.1, -0.05) is 0 Å². The Balaban J connectivity index is 2.50. The van der Waals surface area contributed by atoms with Gasteiger partial charge >= 0.3 is 6.09 Å². The normalized spacial score (nSPS) is 11.1. The molecule has 1 aromatic rings. The third kappa shape index (κ3) is 4.06. The summed E-state index contributed by atoms with van der Waals surface area (Å²) in [6.45, 7) is 5.43. The number of carbonyl (C=O) groups excluding carboxylic acids is 1. The molecule has 0 aliphatic heterocycles. The number of nitrogens with one attached hydrogen (secondary N) is 1. The van der Waals surface area contributed by atoms with Crippen molar-refractivity contribution in [3.63, 3.8) is 0 Å². The molecule has 1 aromatic heterocycles. The fourth-order valence-corrected chi connectivity index (χ4v) is 1.83. The molecule has 0 aliphatic carbocycles. The Bertz CT molecular complexity index is 332. The maximum absolute atomic E-state index is 11.3. The van der Waals surface area contributed by atoms with Crippen LogP contribution in [0.2, 0.25) is 0 Å². The molecule has 0 fully saturated rings. The zero-order chi connectivity index (χ0) is 10.8. The monoisotopic (exact) mass is 278 g/mol. The van der Waals surface area contributed by atoms with Crippen LogP contribution in [-0.4, -0.2) is 16.7 Å². The average Bonchev–Trinajstić information content (AvgIpc) is 2.30. The lowest BCUT2D eigenvalue weighted by molar-refractivity contribution is 0.0636. The molecule has 78 valence electrons. The molecule has 1 amide bonds. The predicted octanol–water partition coefficient (Wildman–Crippen LogP) is 3.25. The van der Waals surface area contributed by atoms with Crippen LogP contribution in [0.3, 0.4) is 0 Å². The van der Waals surface area contributed by atoms with Crippen LogP contribution in [0.1, 0.15) is 20.8 Å². The van der Waals surface area contributed by atoms with Gasteiger partial charge in [-0.25, -0.2) is 9.78 Å². The zero-order valence-corrected chi connectivity index (χ0v) is 10.5. The number of ether oxygens (including phenoxy) is 1. The van der Waals surface area contributed by atoms with Gasteiger partial charge in [0, 0.05) is 5.38 Å². The summed E-state index contributed by atoms with van der Waals surface area (Å²) in [5.74, 6) is 0. The van der Waals surface area contributed by atoms with Crippen molar-refractivity contribution >= 4 is 38.5 Å². The van der Waals surface area contributed by atoms with Crippen LogP contribution in [-0.2, 0) is 4.74 Å². The Kier molecular flexibility index (Phi) is 3.49. The van der Waals surface area contributed by atoms with Gasteiger partial charge in [-0.2, -0.15) is 0 Å². The molecule has 0 unspecified atom stereocenters. The van der Waals surface area contributed by atoms with E-state index < -0.39 is 11.7 Å². The van der Waals surface area contributed by atoms with Crippen molar-refractivity contribution in [2.75, 3.05) is 5.32 Å². The summed E-state index contributed by atoms with van der Waals surface area (Å²) in [6.07, 6.45) is -0.487. The first-order valence-electron chi connectivity index (χ1n) is 3.98. The van der Waals surface area contributed by atoms with Crippen LogP contribution in [0, 0.1) is 0 Å². The van der Waals surface area contributed by atoms with E-state index in [0.29, 0.717) is 9.73 Å². The van der Waals surface area contributed by atoms with Crippen LogP contribution in [0.4, 0.5) is 9.93 Å². The molecule has 0 aliphatic rings. The number of nitrogens with zero attached hydrogens (tertiary/aromatic N) is 1. The number of thiazole rings is 1. The van der Waals surface area contributed by atoms with E-state index in [4.69, 9.17) is 4.74 Å². The van der Waals surface area contributed by atoms with Gasteiger partial charge in [0.1, 0.15) is 10.2 Å². The van der Waals surface area contributed by atoms with Crippen molar-refractivity contribution in [2.45, 2.75) is 26.4 Å². The second-order valence-corrected chi connectivity index (χ2v) is 5.27. The van der Waals surface area contributed by atoms with Crippen molar-refractivity contribution in [2.24, 2.45) is 0 Å². The predicted molar refractivity (Wildman–Crippen MR) is 59.7 cm³/mol. The Labute approximate surface area is 94.8 Å². The molecule has 0 saturated heterocycles. The number of carbonyl (C=O) groups is 1. The molecular weight excluding hydrogens is 268 g/mol. The molecule has 1 rings (SSSR count). The molecule has 14 heavy (non-hydrogen) atoms. The summed E-state index contributed by atoms with van der Waals surface area (Å²) in [4.78, 5) is 15.3. The van der Waals surface area contributed by atoms with Crippen molar-refractivity contribution in [3.05, 3.63) is 9.98 Å². The Morgan fingerprint density at radius 1 is 1.64 bits per heavy atom. The Morgan fingerprint density at radius 3 is 2.71 bits per heavy atom. The lowest BCUT2D eigenvalue weighted by Gasteiger charge is -2.18. The summed E-state index contributed by atoms with van der Waals surface area (Å²) in [6, 6.07) is 0. The van der Waals surface area contributed by atoms with Crippen molar-refractivity contribution in [1.82, 2.24) is 4.98 Å². The molecule has 6 heteroatoms. The molecule has 1 heterocycles. The number of anilines is 1. The third-order valence-electron chi connectivity index (χ3n) is 1.08. The number of amides is 1. The highest BCUT2D eigenvalue weighted by atomic mass is 79.9. The summed E-state index contributed by atoms with van der Waals surface area (Å²) in [7, 11) is 0. The lowest BCUT2D eigenvalue weighted by atomic mass is 10.2. The van der Waals surface area contributed by atoms with Gasteiger partial charge in [-0.05, 0) is 36.7 Å². The summed E-state index contributed by atoms with van der Waals surface area (Å²) in [5, 5.41) is 4.84. The quantitative estimate of drug-likeness (QED) is 0.858. The van der Waals surface area contributed by atoms with Gasteiger partial charge in [0.15, 0.2) is 5.13 Å². The van der Waals surface area contributed by atoms with Crippen LogP contribution >= 0.6 is 27.3 Å². The minimum atomic E-state index is -0.488. The van der Waals surface area contributed by atoms with E-state index in [1.54, 1.807) is 5.38 Å². The van der Waals surface area contributed by atoms with Crippen LogP contribution < -0.4 is 5.32 Å². The topological polar surface area (TPSA) is 51.2 Å². The molecule has 0 spiro atoms. The van der Waals surface area contributed by atoms with E-state index in [-0.39, 0.29) is 0 Å². The number of rotatable bonds is 1. The molecule has 4 nitrogen and oxygen atoms in total. The van der Waals surface area contributed by atoms with Crippen LogP contribution in [0.5, 0.6) is 0 Å². The second-order valence-electron chi connectivity index (χ2n) is 3.60. The largest absolute Gasteiger partial charge is 0.444 e. The van der Waals surface area contributed by atoms with Gasteiger partial charge in [0.2, 0.25) is 0 Å². The van der Waals surface area contributed by atoms with E-state index >= 15 is 0 Å². The average molecular weight is 279 g/mol. The SMILES string of the molecule is CC(C)(C)OC(=O)Nc1nc(Br)cs1. The lowest BCUT2D eigenvalue weighted by Crippen LogP contribution is -2.27. The third-order valence-corrected chi connectivity index (χ3v) is 2.55. The first-order chi connectivity index (χ1) is 6.37. The van der Waals surface area contributed by atoms with Gasteiger partial charge in [-0.15, -0.1) is 11.3 Å². The van der Waals surface area contributed by atoms with Crippen molar-refractivity contribution < 1.29 is 9.53 Å². The first-order valence-corrected chi connectivity index (χ1v) is 5.65. The van der Waals surface area contributed by atoms with Crippen molar-refractivity contribution in [3.8, 4) is 0 Å². The summed E-state index contributed by atoms with van der Waals surface area (Å²) < 4.78 is 5.75. The van der Waals surface area contributed by atoms with Gasteiger partial charge in [0.05, 0.1) is 0 Å². The number of halogens is 1. The van der Waals surface area contributed by atoms with E-state index in [0.717, 1.165) is 0 Å². The molecule has 1 N–H and O–H groups in total. The smallest absolute Gasteiger partial charge is 0.413 e. The maximum Gasteiger partial charge on any atom is 0.413 e. The molecule has 0 aromatic carbocycles. The van der Waals surface area contributed by atoms with E-state index in [9.17, 15) is 4.79 Å². The number of hydrogen-bond acceptors (Lipinski definition) is 4. The summed E-state index contributed by atoms with van der Waals surface area (Å²) in [5.41, 5.74) is -0.488. The first kappa shape index (κ1) is 11.5. The minimum Gasteiger partial charge on any atom is -0.444 e. The molecular formula is C8H11BrN2O2S. The molecule has 0 saturated carbocycles. The van der Waals surface area contributed by atoms with E-state index in [2.05, 4.69) is 26.2 Å². The van der Waals surface area contributed by atoms with Crippen LogP contribution in [0.15, 0.2) is 9.98 Å². The maximum atomic E-state index is 11.3. The highest BCUT2D eigenvalue weighted by Crippen LogP contribution is 2.20. The Hall–Kier alpha value is -0.620. The van der Waals surface area contributed by atoms with Gasteiger partial charge in [-0.3, -0.25) is 5.32 Å². The van der Waals surface area contributed by atoms with E-state index in [1.165, 1.54) is 11.3 Å². The van der Waals surface area contributed by atoms with Crippen molar-refractivity contribution in [1.29, 1.82) is 0 Å². The molecule has 0 atom stereocenters. The van der Waals surface area contributed by atoms with Gasteiger partial charge in [0.25, 0.3) is 0 Å². The zero-order valence-electron chi connectivity index (χ0n) is 8.13. The van der Waals surface area contributed by atoms with Crippen LogP contribution in [0.25, 0.3) is 0 Å².